The fourth-order valence-corrected chi connectivity index (χ4v) is 4.22. The number of aromatic nitrogens is 1. The summed E-state index contributed by atoms with van der Waals surface area (Å²) in [6, 6.07) is 10.1. The molecule has 0 radical (unpaired) electrons. The summed E-state index contributed by atoms with van der Waals surface area (Å²) in [6.45, 7) is 0.400. The maximum absolute atomic E-state index is 12.6. The van der Waals surface area contributed by atoms with Gasteiger partial charge in [-0.2, -0.15) is 0 Å². The van der Waals surface area contributed by atoms with E-state index in [2.05, 4.69) is 15.0 Å². The van der Waals surface area contributed by atoms with Crippen LogP contribution in [-0.2, 0) is 4.79 Å². The number of halogens is 4. The third-order valence-electron chi connectivity index (χ3n) is 4.46. The first kappa shape index (κ1) is 21.2. The Labute approximate surface area is 183 Å². The van der Waals surface area contributed by atoms with Gasteiger partial charge in [-0.1, -0.05) is 35.1 Å². The molecule has 2 heterocycles. The minimum atomic E-state index is -4.80. The van der Waals surface area contributed by atoms with Gasteiger partial charge in [-0.3, -0.25) is 10.1 Å². The van der Waals surface area contributed by atoms with Gasteiger partial charge in [-0.25, -0.2) is 9.78 Å². The van der Waals surface area contributed by atoms with Crippen LogP contribution in [0, 0.1) is 0 Å². The van der Waals surface area contributed by atoms with E-state index in [1.807, 2.05) is 0 Å². The van der Waals surface area contributed by atoms with Gasteiger partial charge in [0.25, 0.3) is 0 Å². The summed E-state index contributed by atoms with van der Waals surface area (Å²) in [5.41, 5.74) is 0.992. The molecule has 1 fully saturated rings. The number of fused-ring (bicyclic) bond motifs is 1. The van der Waals surface area contributed by atoms with Crippen LogP contribution in [0.2, 0.25) is 5.02 Å². The Balaban J connectivity index is 1.42. The standard InChI is InChI=1S/C19H14ClF3N4O3S/c20-12-3-1-2-4-14(12)27-8-7-26(10-16(27)28)18(29)25-17-24-13-6-5-11(9-15(13)31-17)30-19(21,22)23/h1-6,9H,7-8,10H2,(H,24,25,29). The molecule has 12 heteroatoms. The molecule has 4 rings (SSSR count). The van der Waals surface area contributed by atoms with Crippen molar-refractivity contribution in [3.05, 3.63) is 47.5 Å². The minimum Gasteiger partial charge on any atom is -0.406 e. The van der Waals surface area contributed by atoms with Crippen molar-refractivity contribution in [2.24, 2.45) is 0 Å². The van der Waals surface area contributed by atoms with Crippen molar-refractivity contribution >= 4 is 55.9 Å². The third kappa shape index (κ3) is 4.83. The molecule has 0 saturated carbocycles. The third-order valence-corrected chi connectivity index (χ3v) is 5.71. The zero-order chi connectivity index (χ0) is 22.2. The number of carbonyl (C=O) groups excluding carboxylic acids is 2. The van der Waals surface area contributed by atoms with E-state index in [9.17, 15) is 22.8 Å². The maximum Gasteiger partial charge on any atom is 0.573 e. The van der Waals surface area contributed by atoms with Gasteiger partial charge in [0.15, 0.2) is 5.13 Å². The number of anilines is 2. The fourth-order valence-electron chi connectivity index (χ4n) is 3.10. The Morgan fingerprint density at radius 1 is 1.19 bits per heavy atom. The second-order valence-corrected chi connectivity index (χ2v) is 7.98. The number of para-hydroxylation sites is 1. The zero-order valence-corrected chi connectivity index (χ0v) is 17.2. The molecule has 162 valence electrons. The highest BCUT2D eigenvalue weighted by Crippen LogP contribution is 2.32. The van der Waals surface area contributed by atoms with E-state index in [1.165, 1.54) is 21.9 Å². The SMILES string of the molecule is O=C(Nc1nc2ccc(OC(F)(F)F)cc2s1)N1CCN(c2ccccc2Cl)C(=O)C1. The van der Waals surface area contributed by atoms with E-state index in [0.717, 1.165) is 17.4 Å². The quantitative estimate of drug-likeness (QED) is 0.600. The minimum absolute atomic E-state index is 0.147. The van der Waals surface area contributed by atoms with Gasteiger partial charge in [0, 0.05) is 19.2 Å². The number of alkyl halides is 3. The van der Waals surface area contributed by atoms with Crippen LogP contribution < -0.4 is 15.0 Å². The number of benzene rings is 2. The largest absolute Gasteiger partial charge is 0.573 e. The molecule has 7 nitrogen and oxygen atoms in total. The van der Waals surface area contributed by atoms with Crippen LogP contribution in [-0.4, -0.2) is 47.8 Å². The first-order valence-corrected chi connectivity index (χ1v) is 10.2. The molecule has 0 bridgehead atoms. The van der Waals surface area contributed by atoms with Crippen LogP contribution in [0.25, 0.3) is 10.2 Å². The number of hydrogen-bond acceptors (Lipinski definition) is 5. The van der Waals surface area contributed by atoms with E-state index in [-0.39, 0.29) is 36.4 Å². The van der Waals surface area contributed by atoms with Crippen LogP contribution in [0.5, 0.6) is 5.75 Å². The van der Waals surface area contributed by atoms with E-state index in [1.54, 1.807) is 24.3 Å². The van der Waals surface area contributed by atoms with Crippen molar-refractivity contribution in [1.82, 2.24) is 9.88 Å². The summed E-state index contributed by atoms with van der Waals surface area (Å²) in [7, 11) is 0. The van der Waals surface area contributed by atoms with Gasteiger partial charge < -0.3 is 14.5 Å². The predicted molar refractivity (Wildman–Crippen MR) is 111 cm³/mol. The second-order valence-electron chi connectivity index (χ2n) is 6.54. The topological polar surface area (TPSA) is 74.8 Å². The van der Waals surface area contributed by atoms with Gasteiger partial charge in [0.1, 0.15) is 12.3 Å². The Morgan fingerprint density at radius 2 is 1.97 bits per heavy atom. The van der Waals surface area contributed by atoms with Crippen molar-refractivity contribution in [2.75, 3.05) is 29.9 Å². The highest BCUT2D eigenvalue weighted by molar-refractivity contribution is 7.22. The molecule has 1 aromatic heterocycles. The molecule has 3 amide bonds. The van der Waals surface area contributed by atoms with Gasteiger partial charge in [0.2, 0.25) is 5.91 Å². The number of urea groups is 1. The van der Waals surface area contributed by atoms with Crippen molar-refractivity contribution in [1.29, 1.82) is 0 Å². The van der Waals surface area contributed by atoms with Crippen LogP contribution >= 0.6 is 22.9 Å². The Hall–Kier alpha value is -3.05. The van der Waals surface area contributed by atoms with Crippen molar-refractivity contribution in [2.45, 2.75) is 6.36 Å². The zero-order valence-electron chi connectivity index (χ0n) is 15.6. The number of amides is 3. The molecule has 1 aliphatic rings. The van der Waals surface area contributed by atoms with Crippen LogP contribution in [0.3, 0.4) is 0 Å². The van der Waals surface area contributed by atoms with E-state index < -0.39 is 12.4 Å². The Kier molecular flexibility index (Phi) is 5.63. The average Bonchev–Trinajstić information content (AvgIpc) is 3.08. The molecular weight excluding hydrogens is 457 g/mol. The van der Waals surface area contributed by atoms with Crippen LogP contribution in [0.4, 0.5) is 28.8 Å². The number of nitrogens with zero attached hydrogens (tertiary/aromatic N) is 3. The van der Waals surface area contributed by atoms with Crippen molar-refractivity contribution < 1.29 is 27.5 Å². The van der Waals surface area contributed by atoms with Gasteiger partial charge in [-0.05, 0) is 24.3 Å². The summed E-state index contributed by atoms with van der Waals surface area (Å²) in [4.78, 5) is 32.1. The highest BCUT2D eigenvalue weighted by atomic mass is 35.5. The molecule has 1 aliphatic heterocycles. The van der Waals surface area contributed by atoms with E-state index in [4.69, 9.17) is 11.6 Å². The maximum atomic E-state index is 12.6. The summed E-state index contributed by atoms with van der Waals surface area (Å²) < 4.78 is 41.4. The van der Waals surface area contributed by atoms with E-state index >= 15 is 0 Å². The predicted octanol–water partition coefficient (Wildman–Crippen LogP) is 4.73. The lowest BCUT2D eigenvalue weighted by Gasteiger charge is -2.34. The first-order chi connectivity index (χ1) is 14.7. The summed E-state index contributed by atoms with van der Waals surface area (Å²) >= 11 is 7.15. The number of carbonyl (C=O) groups is 2. The lowest BCUT2D eigenvalue weighted by molar-refractivity contribution is -0.274. The number of thiazole rings is 1. The molecule has 0 atom stereocenters. The average molecular weight is 471 g/mol. The van der Waals surface area contributed by atoms with Crippen molar-refractivity contribution in [3.8, 4) is 5.75 Å². The van der Waals surface area contributed by atoms with Crippen molar-refractivity contribution in [3.63, 3.8) is 0 Å². The normalized spacial score (nSPS) is 14.8. The Bertz CT molecular complexity index is 1150. The summed E-state index contributed by atoms with van der Waals surface area (Å²) in [5, 5.41) is 3.23. The Morgan fingerprint density at radius 3 is 2.68 bits per heavy atom. The van der Waals surface area contributed by atoms with E-state index in [0.29, 0.717) is 20.9 Å². The molecule has 0 aliphatic carbocycles. The van der Waals surface area contributed by atoms with Gasteiger partial charge in [-0.15, -0.1) is 13.2 Å². The molecule has 3 aromatic rings. The lowest BCUT2D eigenvalue weighted by Crippen LogP contribution is -2.53. The van der Waals surface area contributed by atoms with Crippen LogP contribution in [0.1, 0.15) is 0 Å². The lowest BCUT2D eigenvalue weighted by atomic mass is 10.2. The number of rotatable bonds is 3. The second kappa shape index (κ2) is 8.23. The monoisotopic (exact) mass is 470 g/mol. The fraction of sp³-hybridized carbons (Fsp3) is 0.211. The first-order valence-electron chi connectivity index (χ1n) is 8.97. The smallest absolute Gasteiger partial charge is 0.406 e. The van der Waals surface area contributed by atoms with Gasteiger partial charge in [0.05, 0.1) is 20.9 Å². The number of piperazine rings is 1. The molecular formula is C19H14ClF3N4O3S. The molecule has 1 N–H and O–H groups in total. The molecule has 0 unspecified atom stereocenters. The molecule has 31 heavy (non-hydrogen) atoms. The molecule has 0 spiro atoms. The summed E-state index contributed by atoms with van der Waals surface area (Å²) in [5.74, 6) is -0.657. The van der Waals surface area contributed by atoms with Gasteiger partial charge >= 0.3 is 12.4 Å². The molecule has 1 saturated heterocycles. The highest BCUT2D eigenvalue weighted by Gasteiger charge is 2.31. The number of hydrogen-bond donors (Lipinski definition) is 1. The molecule has 2 aromatic carbocycles. The number of ether oxygens (including phenoxy) is 1. The number of nitrogens with one attached hydrogen (secondary N) is 1. The van der Waals surface area contributed by atoms with Crippen LogP contribution in [0.15, 0.2) is 42.5 Å². The summed E-state index contributed by atoms with van der Waals surface area (Å²) in [6.07, 6.45) is -4.80.